The molecule has 0 unspecified atom stereocenters. The summed E-state index contributed by atoms with van der Waals surface area (Å²) in [5, 5.41) is 2.47. The van der Waals surface area contributed by atoms with Crippen LogP contribution in [0.15, 0.2) is 30.3 Å². The number of hydrogen-bond donors (Lipinski definition) is 1. The molecule has 5 atom stereocenters. The van der Waals surface area contributed by atoms with Crippen molar-refractivity contribution < 1.29 is 32.6 Å². The van der Waals surface area contributed by atoms with Gasteiger partial charge in [0.1, 0.15) is 18.8 Å². The van der Waals surface area contributed by atoms with Gasteiger partial charge in [-0.15, -0.1) is 0 Å². The number of rotatable bonds is 6. The van der Waals surface area contributed by atoms with Crippen molar-refractivity contribution in [2.75, 3.05) is 6.67 Å². The molecule has 1 aliphatic rings. The summed E-state index contributed by atoms with van der Waals surface area (Å²) in [6.45, 7) is 1.33. The number of halogens is 2. The van der Waals surface area contributed by atoms with E-state index in [9.17, 15) is 18.4 Å². The molecule has 1 fully saturated rings. The lowest BCUT2D eigenvalue weighted by molar-refractivity contribution is -0.262. The Kier molecular flexibility index (Phi) is 6.83. The largest absolute Gasteiger partial charge is 0.457 e. The van der Waals surface area contributed by atoms with Gasteiger partial charge in [0.2, 0.25) is 5.91 Å². The fourth-order valence-electron chi connectivity index (χ4n) is 2.63. The first kappa shape index (κ1) is 19.3. The number of hydrogen-bond acceptors (Lipinski definition) is 5. The molecule has 2 rings (SSSR count). The van der Waals surface area contributed by atoms with E-state index >= 15 is 0 Å². The highest BCUT2D eigenvalue weighted by atomic mass is 19.1. The first-order valence-corrected chi connectivity index (χ1v) is 7.87. The molecule has 0 bridgehead atoms. The molecule has 1 heterocycles. The third-order valence-electron chi connectivity index (χ3n) is 3.71. The standard InChI is InChI=1S/C17H21F2NO5/c1-10(21)20-15-16(24-11(2)22)14(19)13(8-18)25-17(15)23-9-12-6-4-3-5-7-12/h3-7,13-17H,8-9H2,1-2H3,(H,20,21)/t13-,14-,15-,16+,17+/m1/s1. The number of amides is 1. The summed E-state index contributed by atoms with van der Waals surface area (Å²) in [4.78, 5) is 22.8. The molecule has 1 aromatic carbocycles. The van der Waals surface area contributed by atoms with E-state index < -0.39 is 49.3 Å². The maximum Gasteiger partial charge on any atom is 0.303 e. The summed E-state index contributed by atoms with van der Waals surface area (Å²) in [6.07, 6.45) is -5.95. The monoisotopic (exact) mass is 357 g/mol. The van der Waals surface area contributed by atoms with Crippen LogP contribution in [0.2, 0.25) is 0 Å². The van der Waals surface area contributed by atoms with Gasteiger partial charge in [-0.05, 0) is 5.56 Å². The molecule has 1 amide bonds. The van der Waals surface area contributed by atoms with E-state index in [0.717, 1.165) is 12.5 Å². The lowest BCUT2D eigenvalue weighted by Crippen LogP contribution is -2.64. The Bertz CT molecular complexity index is 586. The van der Waals surface area contributed by atoms with Crippen molar-refractivity contribution in [3.05, 3.63) is 35.9 Å². The Labute approximate surface area is 144 Å². The Hall–Kier alpha value is -2.06. The molecule has 1 saturated heterocycles. The van der Waals surface area contributed by atoms with Gasteiger partial charge in [-0.2, -0.15) is 0 Å². The van der Waals surface area contributed by atoms with Crippen LogP contribution in [0.4, 0.5) is 8.78 Å². The lowest BCUT2D eigenvalue weighted by atomic mass is 9.98. The Morgan fingerprint density at radius 2 is 1.92 bits per heavy atom. The smallest absolute Gasteiger partial charge is 0.303 e. The van der Waals surface area contributed by atoms with Gasteiger partial charge >= 0.3 is 5.97 Å². The van der Waals surface area contributed by atoms with E-state index in [-0.39, 0.29) is 6.61 Å². The van der Waals surface area contributed by atoms with Crippen molar-refractivity contribution in [2.45, 2.75) is 51.2 Å². The Balaban J connectivity index is 2.19. The molecule has 0 spiro atoms. The third-order valence-corrected chi connectivity index (χ3v) is 3.71. The average molecular weight is 357 g/mol. The van der Waals surface area contributed by atoms with E-state index in [2.05, 4.69) is 5.32 Å². The highest BCUT2D eigenvalue weighted by Crippen LogP contribution is 2.28. The van der Waals surface area contributed by atoms with Crippen molar-refractivity contribution in [2.24, 2.45) is 0 Å². The number of nitrogens with one attached hydrogen (secondary N) is 1. The first-order chi connectivity index (χ1) is 11.9. The van der Waals surface area contributed by atoms with Gasteiger partial charge in [-0.1, -0.05) is 30.3 Å². The summed E-state index contributed by atoms with van der Waals surface area (Å²) in [6, 6.07) is 7.99. The second-order valence-electron chi connectivity index (χ2n) is 5.74. The van der Waals surface area contributed by atoms with E-state index in [1.165, 1.54) is 6.92 Å². The molecule has 6 nitrogen and oxygen atoms in total. The van der Waals surface area contributed by atoms with Gasteiger partial charge < -0.3 is 19.5 Å². The minimum Gasteiger partial charge on any atom is -0.457 e. The zero-order valence-electron chi connectivity index (χ0n) is 14.0. The highest BCUT2D eigenvalue weighted by molar-refractivity contribution is 5.73. The molecule has 1 aliphatic heterocycles. The molecular formula is C17H21F2NO5. The van der Waals surface area contributed by atoms with Gasteiger partial charge in [0.05, 0.1) is 6.61 Å². The van der Waals surface area contributed by atoms with Crippen LogP contribution in [0.1, 0.15) is 19.4 Å². The van der Waals surface area contributed by atoms with E-state index in [1.807, 2.05) is 30.3 Å². The second kappa shape index (κ2) is 8.87. The zero-order chi connectivity index (χ0) is 18.4. The molecule has 0 radical (unpaired) electrons. The Morgan fingerprint density at radius 3 is 2.48 bits per heavy atom. The second-order valence-corrected chi connectivity index (χ2v) is 5.74. The minimum absolute atomic E-state index is 0.102. The average Bonchev–Trinajstić information content (AvgIpc) is 2.57. The molecule has 1 N–H and O–H groups in total. The van der Waals surface area contributed by atoms with Gasteiger partial charge in [0, 0.05) is 13.8 Å². The van der Waals surface area contributed by atoms with Crippen molar-refractivity contribution in [3.63, 3.8) is 0 Å². The summed E-state index contributed by atoms with van der Waals surface area (Å²) in [5.74, 6) is -1.23. The minimum atomic E-state index is -1.93. The molecule has 0 saturated carbocycles. The van der Waals surface area contributed by atoms with Crippen LogP contribution in [0.3, 0.4) is 0 Å². The molecule has 25 heavy (non-hydrogen) atoms. The third kappa shape index (κ3) is 5.20. The van der Waals surface area contributed by atoms with Crippen LogP contribution in [0, 0.1) is 0 Å². The molecule has 0 aliphatic carbocycles. The maximum absolute atomic E-state index is 14.5. The van der Waals surface area contributed by atoms with Crippen molar-refractivity contribution in [1.82, 2.24) is 5.32 Å². The van der Waals surface area contributed by atoms with Crippen LogP contribution >= 0.6 is 0 Å². The SMILES string of the molecule is CC(=O)N[C@H]1[C@@H](OCc2ccccc2)O[C@H](CF)[C@@H](F)[C@@H]1OC(C)=O. The zero-order valence-corrected chi connectivity index (χ0v) is 14.0. The topological polar surface area (TPSA) is 73.9 Å². The molecule has 1 aromatic rings. The predicted molar refractivity (Wildman–Crippen MR) is 83.9 cm³/mol. The van der Waals surface area contributed by atoms with Gasteiger partial charge in [-0.3, -0.25) is 9.59 Å². The quantitative estimate of drug-likeness (QED) is 0.784. The predicted octanol–water partition coefficient (Wildman–Crippen LogP) is 1.67. The fourth-order valence-corrected chi connectivity index (χ4v) is 2.63. The Morgan fingerprint density at radius 1 is 1.24 bits per heavy atom. The number of ether oxygens (including phenoxy) is 3. The summed E-state index contributed by atoms with van der Waals surface area (Å²) in [7, 11) is 0. The van der Waals surface area contributed by atoms with Crippen LogP contribution in [-0.4, -0.2) is 49.3 Å². The first-order valence-electron chi connectivity index (χ1n) is 7.87. The van der Waals surface area contributed by atoms with Crippen LogP contribution in [0.5, 0.6) is 0 Å². The normalized spacial score (nSPS) is 29.0. The summed E-state index contributed by atoms with van der Waals surface area (Å²) < 4.78 is 43.5. The van der Waals surface area contributed by atoms with Gasteiger partial charge in [-0.25, -0.2) is 8.78 Å². The lowest BCUT2D eigenvalue weighted by Gasteiger charge is -2.42. The number of carbonyl (C=O) groups is 2. The molecular weight excluding hydrogens is 336 g/mol. The van der Waals surface area contributed by atoms with E-state index in [0.29, 0.717) is 0 Å². The van der Waals surface area contributed by atoms with Gasteiger partial charge in [0.25, 0.3) is 0 Å². The van der Waals surface area contributed by atoms with Crippen molar-refractivity contribution >= 4 is 11.9 Å². The summed E-state index contributed by atoms with van der Waals surface area (Å²) >= 11 is 0. The number of alkyl halides is 2. The molecule has 138 valence electrons. The van der Waals surface area contributed by atoms with Gasteiger partial charge in [0.15, 0.2) is 18.6 Å². The number of carbonyl (C=O) groups excluding carboxylic acids is 2. The molecule has 8 heteroatoms. The maximum atomic E-state index is 14.5. The van der Waals surface area contributed by atoms with Crippen LogP contribution in [-0.2, 0) is 30.4 Å². The number of benzene rings is 1. The van der Waals surface area contributed by atoms with Crippen LogP contribution in [0.25, 0.3) is 0 Å². The fraction of sp³-hybridized carbons (Fsp3) is 0.529. The number of esters is 1. The summed E-state index contributed by atoms with van der Waals surface area (Å²) in [5.41, 5.74) is 0.816. The molecule has 0 aromatic heterocycles. The van der Waals surface area contributed by atoms with Crippen molar-refractivity contribution in [1.29, 1.82) is 0 Å². The highest BCUT2D eigenvalue weighted by Gasteiger charge is 2.49. The van der Waals surface area contributed by atoms with E-state index in [1.54, 1.807) is 0 Å². The van der Waals surface area contributed by atoms with Crippen LogP contribution < -0.4 is 5.32 Å². The van der Waals surface area contributed by atoms with Crippen molar-refractivity contribution in [3.8, 4) is 0 Å². The van der Waals surface area contributed by atoms with E-state index in [4.69, 9.17) is 14.2 Å².